The van der Waals surface area contributed by atoms with Gasteiger partial charge in [-0.05, 0) is 17.9 Å². The second-order valence-corrected chi connectivity index (χ2v) is 4.52. The van der Waals surface area contributed by atoms with Crippen LogP contribution in [0, 0.1) is 0 Å². The van der Waals surface area contributed by atoms with E-state index in [0.717, 1.165) is 11.4 Å². The minimum absolute atomic E-state index is 1.07. The maximum atomic E-state index is 4.51. The van der Waals surface area contributed by atoms with Gasteiger partial charge in [0.05, 0.1) is 5.69 Å². The SMILES string of the molecule is CSC1=Nc2ccccc2CS1. The van der Waals surface area contributed by atoms with Crippen LogP contribution in [0.2, 0.25) is 0 Å². The molecule has 12 heavy (non-hydrogen) atoms. The summed E-state index contributed by atoms with van der Waals surface area (Å²) in [6.45, 7) is 0. The Hall–Kier alpha value is -0.410. The van der Waals surface area contributed by atoms with E-state index in [1.807, 2.05) is 17.8 Å². The minimum atomic E-state index is 1.07. The molecule has 0 fully saturated rings. The van der Waals surface area contributed by atoms with Gasteiger partial charge in [0.25, 0.3) is 0 Å². The Labute approximate surface area is 80.7 Å². The molecule has 3 heteroatoms. The van der Waals surface area contributed by atoms with Crippen LogP contribution in [0.4, 0.5) is 5.69 Å². The van der Waals surface area contributed by atoms with Gasteiger partial charge < -0.3 is 0 Å². The maximum absolute atomic E-state index is 4.51. The summed E-state index contributed by atoms with van der Waals surface area (Å²) in [4.78, 5) is 4.51. The topological polar surface area (TPSA) is 12.4 Å². The Morgan fingerprint density at radius 1 is 1.42 bits per heavy atom. The lowest BCUT2D eigenvalue weighted by Gasteiger charge is -2.12. The molecule has 0 aromatic heterocycles. The molecule has 0 radical (unpaired) electrons. The summed E-state index contributed by atoms with van der Waals surface area (Å²) in [6.07, 6.45) is 2.07. The average Bonchev–Trinajstić information content (AvgIpc) is 2.17. The number of benzene rings is 1. The third kappa shape index (κ3) is 1.52. The molecule has 0 aliphatic carbocycles. The van der Waals surface area contributed by atoms with Crippen LogP contribution in [-0.2, 0) is 5.75 Å². The van der Waals surface area contributed by atoms with Crippen LogP contribution in [0.1, 0.15) is 5.56 Å². The molecule has 62 valence electrons. The Balaban J connectivity index is 2.41. The van der Waals surface area contributed by atoms with E-state index >= 15 is 0 Å². The zero-order valence-electron chi connectivity index (χ0n) is 6.78. The number of thioether (sulfide) groups is 2. The monoisotopic (exact) mass is 195 g/mol. The molecule has 2 rings (SSSR count). The van der Waals surface area contributed by atoms with Gasteiger partial charge in [0.15, 0.2) is 0 Å². The Morgan fingerprint density at radius 3 is 3.08 bits per heavy atom. The molecule has 0 amide bonds. The van der Waals surface area contributed by atoms with Crippen molar-refractivity contribution in [2.75, 3.05) is 6.26 Å². The minimum Gasteiger partial charge on any atom is -0.235 e. The highest BCUT2D eigenvalue weighted by Crippen LogP contribution is 2.33. The van der Waals surface area contributed by atoms with Gasteiger partial charge in [-0.15, -0.1) is 11.8 Å². The van der Waals surface area contributed by atoms with Crippen molar-refractivity contribution in [3.8, 4) is 0 Å². The smallest absolute Gasteiger partial charge is 0.130 e. The highest BCUT2D eigenvalue weighted by Gasteiger charge is 2.09. The molecule has 1 nitrogen and oxygen atoms in total. The highest BCUT2D eigenvalue weighted by molar-refractivity contribution is 8.38. The van der Waals surface area contributed by atoms with E-state index < -0.39 is 0 Å². The van der Waals surface area contributed by atoms with E-state index in [1.54, 1.807) is 11.8 Å². The summed E-state index contributed by atoms with van der Waals surface area (Å²) < 4.78 is 1.17. The highest BCUT2D eigenvalue weighted by atomic mass is 32.2. The lowest BCUT2D eigenvalue weighted by molar-refractivity contribution is 1.36. The van der Waals surface area contributed by atoms with E-state index in [9.17, 15) is 0 Å². The molecular formula is C9H9NS2. The quantitative estimate of drug-likeness (QED) is 0.630. The van der Waals surface area contributed by atoms with E-state index in [0.29, 0.717) is 0 Å². The summed E-state index contributed by atoms with van der Waals surface area (Å²) in [5.41, 5.74) is 2.49. The van der Waals surface area contributed by atoms with Gasteiger partial charge in [0.2, 0.25) is 0 Å². The number of rotatable bonds is 0. The fourth-order valence-corrected chi connectivity index (χ4v) is 2.64. The van der Waals surface area contributed by atoms with Crippen molar-refractivity contribution in [1.82, 2.24) is 0 Å². The standard InChI is InChI=1S/C9H9NS2/c1-11-9-10-8-5-3-2-4-7(8)6-12-9/h2-5H,6H2,1H3. The van der Waals surface area contributed by atoms with Crippen LogP contribution in [0.25, 0.3) is 0 Å². The Kier molecular flexibility index (Phi) is 2.42. The van der Waals surface area contributed by atoms with Gasteiger partial charge in [-0.25, -0.2) is 4.99 Å². The molecule has 0 saturated carbocycles. The molecule has 1 aromatic carbocycles. The normalized spacial score (nSPS) is 15.2. The lowest BCUT2D eigenvalue weighted by atomic mass is 10.2. The van der Waals surface area contributed by atoms with Crippen molar-refractivity contribution in [3.05, 3.63) is 29.8 Å². The largest absolute Gasteiger partial charge is 0.235 e. The predicted octanol–water partition coefficient (Wildman–Crippen LogP) is 3.28. The van der Waals surface area contributed by atoms with E-state index in [-0.39, 0.29) is 0 Å². The Bertz CT molecular complexity index is 320. The molecule has 0 unspecified atom stereocenters. The van der Waals surface area contributed by atoms with Crippen LogP contribution in [0.15, 0.2) is 29.3 Å². The number of aliphatic imine (C=N–C) groups is 1. The van der Waals surface area contributed by atoms with Crippen molar-refractivity contribution in [2.45, 2.75) is 5.75 Å². The average molecular weight is 195 g/mol. The van der Waals surface area contributed by atoms with Gasteiger partial charge >= 0.3 is 0 Å². The zero-order chi connectivity index (χ0) is 8.39. The molecule has 1 aliphatic heterocycles. The van der Waals surface area contributed by atoms with Gasteiger partial charge in [-0.3, -0.25) is 0 Å². The molecule has 0 bridgehead atoms. The molecule has 1 aliphatic rings. The Morgan fingerprint density at radius 2 is 2.25 bits per heavy atom. The number of fused-ring (bicyclic) bond motifs is 1. The van der Waals surface area contributed by atoms with Gasteiger partial charge in [0.1, 0.15) is 4.38 Å². The first-order valence-corrected chi connectivity index (χ1v) is 5.94. The number of hydrogen-bond acceptors (Lipinski definition) is 3. The van der Waals surface area contributed by atoms with Gasteiger partial charge in [0, 0.05) is 5.75 Å². The third-order valence-corrected chi connectivity index (χ3v) is 3.82. The van der Waals surface area contributed by atoms with E-state index in [4.69, 9.17) is 0 Å². The number of para-hydroxylation sites is 1. The zero-order valence-corrected chi connectivity index (χ0v) is 8.41. The first-order chi connectivity index (χ1) is 5.90. The summed E-state index contributed by atoms with van der Waals surface area (Å²) in [7, 11) is 0. The number of hydrogen-bond donors (Lipinski definition) is 0. The summed E-state index contributed by atoms with van der Waals surface area (Å²) in [5.74, 6) is 1.07. The van der Waals surface area contributed by atoms with Crippen molar-refractivity contribution in [1.29, 1.82) is 0 Å². The fraction of sp³-hybridized carbons (Fsp3) is 0.222. The molecule has 0 N–H and O–H groups in total. The van der Waals surface area contributed by atoms with Crippen molar-refractivity contribution >= 4 is 33.6 Å². The van der Waals surface area contributed by atoms with Crippen LogP contribution in [0.3, 0.4) is 0 Å². The molecule has 0 spiro atoms. The van der Waals surface area contributed by atoms with Crippen molar-refractivity contribution in [2.24, 2.45) is 4.99 Å². The van der Waals surface area contributed by atoms with Gasteiger partial charge in [-0.2, -0.15) is 0 Å². The molecule has 1 aromatic rings. The second kappa shape index (κ2) is 3.54. The van der Waals surface area contributed by atoms with Crippen LogP contribution < -0.4 is 0 Å². The van der Waals surface area contributed by atoms with Crippen LogP contribution in [-0.4, -0.2) is 10.6 Å². The maximum Gasteiger partial charge on any atom is 0.130 e. The molecule has 0 saturated heterocycles. The third-order valence-electron chi connectivity index (χ3n) is 1.73. The van der Waals surface area contributed by atoms with Crippen molar-refractivity contribution in [3.63, 3.8) is 0 Å². The van der Waals surface area contributed by atoms with Crippen molar-refractivity contribution < 1.29 is 0 Å². The summed E-state index contributed by atoms with van der Waals surface area (Å²) in [5, 5.41) is 0. The summed E-state index contributed by atoms with van der Waals surface area (Å²) >= 11 is 3.54. The predicted molar refractivity (Wildman–Crippen MR) is 58.3 cm³/mol. The first-order valence-electron chi connectivity index (χ1n) is 3.73. The van der Waals surface area contributed by atoms with Crippen LogP contribution >= 0.6 is 23.5 Å². The molecule has 1 heterocycles. The van der Waals surface area contributed by atoms with E-state index in [2.05, 4.69) is 29.4 Å². The lowest BCUT2D eigenvalue weighted by Crippen LogP contribution is -1.93. The number of nitrogens with zero attached hydrogens (tertiary/aromatic N) is 1. The van der Waals surface area contributed by atoms with Crippen LogP contribution in [0.5, 0.6) is 0 Å². The second-order valence-electron chi connectivity index (χ2n) is 2.50. The summed E-state index contributed by atoms with van der Waals surface area (Å²) in [6, 6.07) is 8.32. The fourth-order valence-electron chi connectivity index (χ4n) is 1.12. The molecule has 0 atom stereocenters. The first kappa shape index (κ1) is 8.20. The van der Waals surface area contributed by atoms with Gasteiger partial charge in [-0.1, -0.05) is 30.0 Å². The van der Waals surface area contributed by atoms with E-state index in [1.165, 1.54) is 9.94 Å². The molecular weight excluding hydrogens is 186 g/mol.